The van der Waals surface area contributed by atoms with Crippen molar-refractivity contribution in [3.05, 3.63) is 24.4 Å². The number of nitrogens with zero attached hydrogens (tertiary/aromatic N) is 5. The second-order valence-corrected chi connectivity index (χ2v) is 8.52. The Morgan fingerprint density at radius 1 is 1.32 bits per heavy atom. The number of nitrogen functional groups attached to an aromatic ring is 1. The highest BCUT2D eigenvalue weighted by molar-refractivity contribution is 7.53. The van der Waals surface area contributed by atoms with Crippen molar-refractivity contribution in [1.82, 2.24) is 29.3 Å². The largest absolute Gasteiger partial charge is 0.393 e. The minimum absolute atomic E-state index is 0.160. The number of aliphatic hydroxyl groups excluding tert-OH is 1. The van der Waals surface area contributed by atoms with Gasteiger partial charge in [-0.1, -0.05) is 0 Å². The van der Waals surface area contributed by atoms with E-state index in [1.807, 2.05) is 0 Å². The minimum Gasteiger partial charge on any atom is -0.393 e. The summed E-state index contributed by atoms with van der Waals surface area (Å²) in [5, 5.41) is 12.2. The van der Waals surface area contributed by atoms with Gasteiger partial charge in [0.25, 0.3) is 0 Å². The van der Waals surface area contributed by atoms with Gasteiger partial charge >= 0.3 is 7.67 Å². The van der Waals surface area contributed by atoms with E-state index >= 15 is 0 Å². The van der Waals surface area contributed by atoms with Crippen molar-refractivity contribution in [3.63, 3.8) is 0 Å². The fourth-order valence-electron chi connectivity index (χ4n) is 2.81. The number of aliphatic hydroxyl groups is 1. The summed E-state index contributed by atoms with van der Waals surface area (Å²) in [6.07, 6.45) is 2.79. The molecule has 0 fully saturated rings. The Morgan fingerprint density at radius 2 is 2.04 bits per heavy atom. The first-order valence-corrected chi connectivity index (χ1v) is 11.0. The van der Waals surface area contributed by atoms with Gasteiger partial charge in [-0.15, -0.1) is 23.2 Å². The van der Waals surface area contributed by atoms with Gasteiger partial charge in [-0.2, -0.15) is 0 Å². The first-order chi connectivity index (χ1) is 13.4. The van der Waals surface area contributed by atoms with Gasteiger partial charge in [0.05, 0.1) is 18.6 Å². The summed E-state index contributed by atoms with van der Waals surface area (Å²) >= 11 is 11.4. The van der Waals surface area contributed by atoms with Crippen LogP contribution in [0, 0.1) is 0 Å². The maximum atomic E-state index is 12.8. The molecule has 0 radical (unpaired) electrons. The molecule has 28 heavy (non-hydrogen) atoms. The van der Waals surface area contributed by atoms with E-state index in [9.17, 15) is 14.6 Å². The highest BCUT2D eigenvalue weighted by Gasteiger charge is 2.35. The summed E-state index contributed by atoms with van der Waals surface area (Å²) in [7, 11) is -4.01. The van der Waals surface area contributed by atoms with Crippen molar-refractivity contribution in [2.45, 2.75) is 12.3 Å². The van der Waals surface area contributed by atoms with Crippen LogP contribution in [0.3, 0.4) is 0 Å². The van der Waals surface area contributed by atoms with E-state index in [-0.39, 0.29) is 36.4 Å². The molecule has 3 heterocycles. The number of ether oxygens (including phenoxy) is 1. The van der Waals surface area contributed by atoms with E-state index < -0.39 is 26.6 Å². The van der Waals surface area contributed by atoms with E-state index in [0.717, 1.165) is 0 Å². The molecule has 5 N–H and O–H groups in total. The highest BCUT2D eigenvalue weighted by atomic mass is 35.5. The fraction of sp³-hybridized carbons (Fsp3) is 0.500. The van der Waals surface area contributed by atoms with Gasteiger partial charge in [0.15, 0.2) is 17.7 Å². The molecule has 2 aromatic heterocycles. The minimum atomic E-state index is -4.01. The van der Waals surface area contributed by atoms with Crippen LogP contribution in [-0.4, -0.2) is 71.7 Å². The van der Waals surface area contributed by atoms with Crippen molar-refractivity contribution in [2.75, 3.05) is 37.2 Å². The molecule has 0 aromatic carbocycles. The van der Waals surface area contributed by atoms with Crippen LogP contribution in [0.2, 0.25) is 0 Å². The second kappa shape index (κ2) is 8.91. The molecule has 0 saturated heterocycles. The molecule has 1 aliphatic rings. The Morgan fingerprint density at radius 3 is 2.68 bits per heavy atom. The van der Waals surface area contributed by atoms with Crippen LogP contribution < -0.4 is 10.8 Å². The van der Waals surface area contributed by atoms with Crippen LogP contribution in [0.5, 0.6) is 0 Å². The van der Waals surface area contributed by atoms with Crippen LogP contribution in [0.15, 0.2) is 24.4 Å². The van der Waals surface area contributed by atoms with Gasteiger partial charge < -0.3 is 25.6 Å². The highest BCUT2D eigenvalue weighted by Crippen LogP contribution is 2.43. The van der Waals surface area contributed by atoms with Crippen LogP contribution in [-0.2, 0) is 9.30 Å². The summed E-state index contributed by atoms with van der Waals surface area (Å²) < 4.78 is 21.4. The van der Waals surface area contributed by atoms with Crippen LogP contribution in [0.25, 0.3) is 11.2 Å². The number of nitrogens with one attached hydrogen (secondary N) is 1. The summed E-state index contributed by atoms with van der Waals surface area (Å²) in [6.45, 7) is -0.0678. The number of imidazole rings is 1. The number of alkyl halides is 2. The summed E-state index contributed by atoms with van der Waals surface area (Å²) in [5.41, 5.74) is 6.89. The lowest BCUT2D eigenvalue weighted by atomic mass is 10.3. The van der Waals surface area contributed by atoms with Gasteiger partial charge in [-0.25, -0.2) is 24.2 Å². The predicted molar refractivity (Wildman–Crippen MR) is 105 cm³/mol. The standard InChI is InChI=1S/C14H20Cl2N7O4P/c15-1-3-22(4-2-16)28(25,26)21-9-5-11(27-10(9)6-24)23-8-20-12-13(17)18-7-19-14(12)23/h5,7-8,10-11,24H,1-4,6H2,(H2,17,18,19)(H2,21,25,26). The van der Waals surface area contributed by atoms with Crippen LogP contribution >= 0.6 is 30.9 Å². The van der Waals surface area contributed by atoms with Gasteiger partial charge in [0, 0.05) is 24.8 Å². The lowest BCUT2D eigenvalue weighted by Gasteiger charge is -2.28. The first-order valence-electron chi connectivity index (χ1n) is 8.30. The molecule has 11 nitrogen and oxygen atoms in total. The molecule has 14 heteroatoms. The van der Waals surface area contributed by atoms with Crippen molar-refractivity contribution in [1.29, 1.82) is 0 Å². The number of anilines is 1. The fourth-order valence-corrected chi connectivity index (χ4v) is 4.89. The molecule has 0 amide bonds. The molecule has 3 unspecified atom stereocenters. The molecule has 2 aromatic rings. The molecule has 1 aliphatic heterocycles. The summed E-state index contributed by atoms with van der Waals surface area (Å²) in [4.78, 5) is 22.7. The maximum Gasteiger partial charge on any atom is 0.365 e. The molecular weight excluding hydrogens is 432 g/mol. The average molecular weight is 452 g/mol. The molecule has 0 aliphatic carbocycles. The number of hydrogen-bond donors (Lipinski definition) is 4. The molecule has 3 atom stereocenters. The Balaban J connectivity index is 1.87. The zero-order valence-electron chi connectivity index (χ0n) is 14.6. The summed E-state index contributed by atoms with van der Waals surface area (Å²) in [5.74, 6) is 0.542. The zero-order chi connectivity index (χ0) is 20.3. The quantitative estimate of drug-likeness (QED) is 0.315. The lowest BCUT2D eigenvalue weighted by molar-refractivity contribution is -0.0113. The number of nitrogens with two attached hydrogens (primary N) is 1. The third-order valence-electron chi connectivity index (χ3n) is 4.14. The second-order valence-electron chi connectivity index (χ2n) is 5.89. The molecule has 3 rings (SSSR count). The number of fused-ring (bicyclic) bond motifs is 1. The zero-order valence-corrected chi connectivity index (χ0v) is 17.1. The third-order valence-corrected chi connectivity index (χ3v) is 6.20. The Bertz CT molecular complexity index is 905. The smallest absolute Gasteiger partial charge is 0.365 e. The van der Waals surface area contributed by atoms with E-state index in [2.05, 4.69) is 20.0 Å². The monoisotopic (exact) mass is 451 g/mol. The Kier molecular flexibility index (Phi) is 6.77. The van der Waals surface area contributed by atoms with Crippen molar-refractivity contribution in [2.24, 2.45) is 0 Å². The van der Waals surface area contributed by atoms with Crippen molar-refractivity contribution < 1.29 is 19.3 Å². The van der Waals surface area contributed by atoms with E-state index in [0.29, 0.717) is 11.2 Å². The van der Waals surface area contributed by atoms with Gasteiger partial charge in [-0.3, -0.25) is 4.57 Å². The van der Waals surface area contributed by atoms with Gasteiger partial charge in [0.1, 0.15) is 17.9 Å². The first kappa shape index (κ1) is 21.3. The van der Waals surface area contributed by atoms with E-state index in [1.165, 1.54) is 17.3 Å². The topological polar surface area (TPSA) is 152 Å². The van der Waals surface area contributed by atoms with E-state index in [1.54, 1.807) is 10.6 Å². The molecule has 154 valence electrons. The van der Waals surface area contributed by atoms with Crippen molar-refractivity contribution in [3.8, 4) is 0 Å². The number of hydrogen-bond acceptors (Lipinski definition) is 7. The number of halogens is 2. The molecular formula is C14H20Cl2N7O4P. The van der Waals surface area contributed by atoms with Gasteiger partial charge in [-0.05, 0) is 6.08 Å². The lowest BCUT2D eigenvalue weighted by Crippen LogP contribution is -2.33. The van der Waals surface area contributed by atoms with E-state index in [4.69, 9.17) is 33.7 Å². The Hall–Kier alpha value is -1.46. The Labute approximate surface area is 170 Å². The van der Waals surface area contributed by atoms with Crippen LogP contribution in [0.4, 0.5) is 5.82 Å². The normalized spacial score (nSPS) is 21.8. The molecule has 0 spiro atoms. The third kappa shape index (κ3) is 4.25. The van der Waals surface area contributed by atoms with Crippen LogP contribution in [0.1, 0.15) is 6.23 Å². The maximum absolute atomic E-state index is 12.8. The molecule has 0 saturated carbocycles. The molecule has 0 bridgehead atoms. The SMILES string of the molecule is Nc1ncnc2c1ncn2C1C=C(NP(=O)(O)N(CCCl)CCCl)C(CO)O1. The predicted octanol–water partition coefficient (Wildman–Crippen LogP) is 0.652. The van der Waals surface area contributed by atoms with Crippen molar-refractivity contribution >= 4 is 47.9 Å². The van der Waals surface area contributed by atoms with Gasteiger partial charge in [0.2, 0.25) is 0 Å². The number of rotatable bonds is 9. The number of aromatic nitrogens is 4. The average Bonchev–Trinajstić information content (AvgIpc) is 3.25. The summed E-state index contributed by atoms with van der Waals surface area (Å²) in [6, 6.07) is 0.